The summed E-state index contributed by atoms with van der Waals surface area (Å²) in [6.07, 6.45) is 3.09. The van der Waals surface area contributed by atoms with E-state index in [0.717, 1.165) is 0 Å². The molecule has 0 spiro atoms. The van der Waals surface area contributed by atoms with Crippen molar-refractivity contribution in [1.82, 2.24) is 14.4 Å². The van der Waals surface area contributed by atoms with E-state index in [9.17, 15) is 8.42 Å². The molecular formula is C10H8BrN5O2S2. The van der Waals surface area contributed by atoms with E-state index in [1.807, 2.05) is 0 Å². The van der Waals surface area contributed by atoms with Crippen molar-refractivity contribution in [3.8, 4) is 0 Å². The average molecular weight is 374 g/mol. The molecule has 3 rings (SSSR count). The number of pyridine rings is 1. The minimum atomic E-state index is -3.88. The number of imidazole rings is 1. The summed E-state index contributed by atoms with van der Waals surface area (Å²) in [7, 11) is -3.88. The van der Waals surface area contributed by atoms with Crippen molar-refractivity contribution < 1.29 is 8.42 Å². The van der Waals surface area contributed by atoms with E-state index in [2.05, 4.69) is 30.6 Å². The number of hydrogen-bond acceptors (Lipinski definition) is 6. The first-order valence-electron chi connectivity index (χ1n) is 5.33. The van der Waals surface area contributed by atoms with E-state index in [1.165, 1.54) is 21.9 Å². The van der Waals surface area contributed by atoms with Gasteiger partial charge in [-0.15, -0.1) is 11.3 Å². The number of nitrogen functional groups attached to an aromatic ring is 1. The maximum Gasteiger partial charge on any atom is 0.282 e. The SMILES string of the molecule is Nc1nc2sccn2c1S(=O)(=O)Nc1ncccc1Br. The van der Waals surface area contributed by atoms with E-state index in [-0.39, 0.29) is 16.7 Å². The van der Waals surface area contributed by atoms with Gasteiger partial charge in [0.05, 0.1) is 4.47 Å². The van der Waals surface area contributed by atoms with Gasteiger partial charge in [0.25, 0.3) is 10.0 Å². The van der Waals surface area contributed by atoms with Crippen LogP contribution in [0.15, 0.2) is 39.4 Å². The number of halogens is 1. The van der Waals surface area contributed by atoms with E-state index in [1.54, 1.807) is 23.7 Å². The molecule has 0 amide bonds. The number of rotatable bonds is 3. The van der Waals surface area contributed by atoms with Crippen molar-refractivity contribution in [3.63, 3.8) is 0 Å². The molecule has 0 aromatic carbocycles. The molecule has 0 aliphatic rings. The Morgan fingerprint density at radius 1 is 1.45 bits per heavy atom. The molecule has 0 atom stereocenters. The molecule has 0 radical (unpaired) electrons. The maximum absolute atomic E-state index is 12.4. The molecule has 0 fully saturated rings. The van der Waals surface area contributed by atoms with E-state index in [4.69, 9.17) is 5.73 Å². The number of nitrogens with two attached hydrogens (primary N) is 1. The van der Waals surface area contributed by atoms with Crippen LogP contribution in [-0.4, -0.2) is 22.8 Å². The minimum Gasteiger partial charge on any atom is -0.381 e. The third kappa shape index (κ3) is 2.15. The molecule has 0 bridgehead atoms. The van der Waals surface area contributed by atoms with Gasteiger partial charge in [0, 0.05) is 17.8 Å². The number of aromatic nitrogens is 3. The van der Waals surface area contributed by atoms with Gasteiger partial charge in [0.2, 0.25) is 5.03 Å². The minimum absolute atomic E-state index is 0.0450. The highest BCUT2D eigenvalue weighted by atomic mass is 79.9. The topological polar surface area (TPSA) is 102 Å². The fraction of sp³-hybridized carbons (Fsp3) is 0. The Morgan fingerprint density at radius 2 is 2.25 bits per heavy atom. The molecular weight excluding hydrogens is 366 g/mol. The van der Waals surface area contributed by atoms with Gasteiger partial charge in [-0.25, -0.2) is 9.97 Å². The highest BCUT2D eigenvalue weighted by Crippen LogP contribution is 2.27. The Labute approximate surface area is 126 Å². The largest absolute Gasteiger partial charge is 0.381 e. The van der Waals surface area contributed by atoms with Crippen LogP contribution in [0, 0.1) is 0 Å². The lowest BCUT2D eigenvalue weighted by molar-refractivity contribution is 0.597. The number of sulfonamides is 1. The summed E-state index contributed by atoms with van der Waals surface area (Å²) in [5.41, 5.74) is 5.70. The lowest BCUT2D eigenvalue weighted by Gasteiger charge is -2.08. The number of thiazole rings is 1. The Balaban J connectivity index is 2.11. The Kier molecular flexibility index (Phi) is 3.15. The molecule has 7 nitrogen and oxygen atoms in total. The lowest BCUT2D eigenvalue weighted by Crippen LogP contribution is -2.17. The van der Waals surface area contributed by atoms with Crippen molar-refractivity contribution in [2.45, 2.75) is 5.03 Å². The molecule has 104 valence electrons. The molecule has 0 saturated carbocycles. The second-order valence-electron chi connectivity index (χ2n) is 3.80. The van der Waals surface area contributed by atoms with Crippen molar-refractivity contribution in [1.29, 1.82) is 0 Å². The van der Waals surface area contributed by atoms with Crippen LogP contribution in [0.2, 0.25) is 0 Å². The summed E-state index contributed by atoms with van der Waals surface area (Å²) in [5.74, 6) is 0.147. The highest BCUT2D eigenvalue weighted by molar-refractivity contribution is 9.10. The van der Waals surface area contributed by atoms with Crippen LogP contribution in [0.4, 0.5) is 11.6 Å². The summed E-state index contributed by atoms with van der Waals surface area (Å²) < 4.78 is 29.2. The molecule has 3 aromatic heterocycles. The van der Waals surface area contributed by atoms with Crippen LogP contribution >= 0.6 is 27.3 Å². The smallest absolute Gasteiger partial charge is 0.282 e. The Hall–Kier alpha value is -1.65. The first-order valence-corrected chi connectivity index (χ1v) is 8.49. The van der Waals surface area contributed by atoms with Crippen LogP contribution in [0.5, 0.6) is 0 Å². The number of anilines is 2. The summed E-state index contributed by atoms with van der Waals surface area (Å²) in [5, 5.41) is 1.64. The summed E-state index contributed by atoms with van der Waals surface area (Å²) in [4.78, 5) is 8.49. The van der Waals surface area contributed by atoms with Gasteiger partial charge in [-0.1, -0.05) is 0 Å². The predicted molar refractivity (Wildman–Crippen MR) is 80.2 cm³/mol. The summed E-state index contributed by atoms with van der Waals surface area (Å²) in [6, 6.07) is 3.37. The highest BCUT2D eigenvalue weighted by Gasteiger charge is 2.25. The molecule has 3 heterocycles. The third-order valence-corrected chi connectivity index (χ3v) is 5.26. The van der Waals surface area contributed by atoms with E-state index < -0.39 is 10.0 Å². The molecule has 0 unspecified atom stereocenters. The van der Waals surface area contributed by atoms with Crippen molar-refractivity contribution in [2.75, 3.05) is 10.5 Å². The summed E-state index contributed by atoms with van der Waals surface area (Å²) >= 11 is 4.53. The molecule has 3 N–H and O–H groups in total. The van der Waals surface area contributed by atoms with Gasteiger partial charge in [0.1, 0.15) is 0 Å². The standard InChI is InChI=1S/C10H8BrN5O2S2/c11-6-2-1-3-13-8(6)15-20(17,18)9-7(12)14-10-16(9)4-5-19-10/h1-5H,12H2,(H,13,15). The second kappa shape index (κ2) is 4.72. The molecule has 3 aromatic rings. The van der Waals surface area contributed by atoms with Gasteiger partial charge in [-0.3, -0.25) is 9.12 Å². The normalized spacial score (nSPS) is 11.8. The van der Waals surface area contributed by atoms with Crippen LogP contribution in [0.3, 0.4) is 0 Å². The molecule has 20 heavy (non-hydrogen) atoms. The molecule has 10 heteroatoms. The number of fused-ring (bicyclic) bond motifs is 1. The van der Waals surface area contributed by atoms with E-state index in [0.29, 0.717) is 9.43 Å². The molecule has 0 saturated heterocycles. The molecule has 0 aliphatic carbocycles. The fourth-order valence-corrected chi connectivity index (χ4v) is 4.19. The van der Waals surface area contributed by atoms with Gasteiger partial charge >= 0.3 is 0 Å². The van der Waals surface area contributed by atoms with Gasteiger partial charge in [0.15, 0.2) is 16.6 Å². The zero-order valence-electron chi connectivity index (χ0n) is 9.82. The number of hydrogen-bond donors (Lipinski definition) is 2. The fourth-order valence-electron chi connectivity index (χ4n) is 1.69. The maximum atomic E-state index is 12.4. The Bertz CT molecular complexity index is 886. The van der Waals surface area contributed by atoms with Crippen molar-refractivity contribution in [3.05, 3.63) is 34.4 Å². The first-order chi connectivity index (χ1) is 9.49. The van der Waals surface area contributed by atoms with Crippen molar-refractivity contribution in [2.24, 2.45) is 0 Å². The van der Waals surface area contributed by atoms with Crippen LogP contribution in [0.1, 0.15) is 0 Å². The summed E-state index contributed by atoms with van der Waals surface area (Å²) in [6.45, 7) is 0. The number of nitrogens with one attached hydrogen (secondary N) is 1. The van der Waals surface area contributed by atoms with Gasteiger partial charge in [-0.05, 0) is 28.1 Å². The predicted octanol–water partition coefficient (Wildman–Crippen LogP) is 1.94. The molecule has 0 aliphatic heterocycles. The Morgan fingerprint density at radius 3 is 3.00 bits per heavy atom. The average Bonchev–Trinajstić information content (AvgIpc) is 2.91. The lowest BCUT2D eigenvalue weighted by atomic mass is 10.5. The second-order valence-corrected chi connectivity index (χ2v) is 7.12. The third-order valence-electron chi connectivity index (χ3n) is 2.49. The van der Waals surface area contributed by atoms with Crippen LogP contribution < -0.4 is 10.5 Å². The van der Waals surface area contributed by atoms with Gasteiger partial charge in [-0.2, -0.15) is 8.42 Å². The van der Waals surface area contributed by atoms with E-state index >= 15 is 0 Å². The first kappa shape index (κ1) is 13.3. The quantitative estimate of drug-likeness (QED) is 0.729. The van der Waals surface area contributed by atoms with Crippen LogP contribution in [0.25, 0.3) is 4.96 Å². The monoisotopic (exact) mass is 373 g/mol. The zero-order chi connectivity index (χ0) is 14.3. The van der Waals surface area contributed by atoms with Crippen LogP contribution in [-0.2, 0) is 10.0 Å². The zero-order valence-corrected chi connectivity index (χ0v) is 13.0. The van der Waals surface area contributed by atoms with Gasteiger partial charge < -0.3 is 5.73 Å². The number of nitrogens with zero attached hydrogens (tertiary/aromatic N) is 3. The van der Waals surface area contributed by atoms with Crippen molar-refractivity contribution >= 4 is 53.9 Å².